The third-order valence-electron chi connectivity index (χ3n) is 3.71. The van der Waals surface area contributed by atoms with E-state index in [9.17, 15) is 19.5 Å². The zero-order valence-electron chi connectivity index (χ0n) is 12.0. The lowest BCUT2D eigenvalue weighted by molar-refractivity contribution is -0.136. The quantitative estimate of drug-likeness (QED) is 0.840. The summed E-state index contributed by atoms with van der Waals surface area (Å²) < 4.78 is 0. The zero-order valence-corrected chi connectivity index (χ0v) is 12.0. The average molecular weight is 311 g/mol. The largest absolute Gasteiger partial charge is 0.508 e. The van der Waals surface area contributed by atoms with Gasteiger partial charge >= 0.3 is 5.97 Å². The number of nitrogens with zero attached hydrogens (tertiary/aromatic N) is 1. The number of rotatable bonds is 4. The maximum atomic E-state index is 12.3. The van der Waals surface area contributed by atoms with Gasteiger partial charge in [0.25, 0.3) is 11.8 Å². The van der Waals surface area contributed by atoms with Gasteiger partial charge in [-0.3, -0.25) is 19.3 Å². The van der Waals surface area contributed by atoms with Crippen molar-refractivity contribution < 1.29 is 24.6 Å². The molecule has 0 fully saturated rings. The van der Waals surface area contributed by atoms with E-state index in [-0.39, 0.29) is 18.7 Å². The van der Waals surface area contributed by atoms with Crippen molar-refractivity contribution in [2.75, 3.05) is 0 Å². The van der Waals surface area contributed by atoms with Crippen LogP contribution in [0.4, 0.5) is 0 Å². The average Bonchev–Trinajstić information content (AvgIpc) is 2.75. The van der Waals surface area contributed by atoms with E-state index in [1.807, 2.05) is 0 Å². The van der Waals surface area contributed by atoms with Crippen molar-refractivity contribution in [3.05, 3.63) is 64.7 Å². The summed E-state index contributed by atoms with van der Waals surface area (Å²) >= 11 is 0. The number of carboxylic acids is 1. The first-order valence-corrected chi connectivity index (χ1v) is 6.95. The van der Waals surface area contributed by atoms with Crippen LogP contribution in [0.3, 0.4) is 0 Å². The minimum atomic E-state index is -0.998. The molecule has 1 aliphatic rings. The number of carbonyl (C=O) groups is 3. The monoisotopic (exact) mass is 311 g/mol. The summed E-state index contributed by atoms with van der Waals surface area (Å²) in [4.78, 5) is 36.5. The number of imide groups is 1. The number of hydrogen-bond acceptors (Lipinski definition) is 4. The predicted molar refractivity (Wildman–Crippen MR) is 80.1 cm³/mol. The van der Waals surface area contributed by atoms with E-state index < -0.39 is 17.8 Å². The molecule has 2 aromatic carbocycles. The summed E-state index contributed by atoms with van der Waals surface area (Å²) in [5.74, 6) is -1.93. The second-order valence-corrected chi connectivity index (χ2v) is 5.28. The Kier molecular flexibility index (Phi) is 3.57. The number of hydrogen-bond donors (Lipinski definition) is 2. The number of phenols is 1. The smallest absolute Gasteiger partial charge is 0.307 e. The molecule has 116 valence electrons. The number of benzene rings is 2. The standard InChI is InChI=1S/C17H13NO5/c19-14-6-5-10(8-15(20)21)7-11(14)9-18-16(22)12-3-1-2-4-13(12)17(18)23/h1-7,19H,8-9H2,(H,20,21). The number of amides is 2. The lowest BCUT2D eigenvalue weighted by Gasteiger charge is -2.15. The van der Waals surface area contributed by atoms with E-state index in [1.165, 1.54) is 18.2 Å². The Bertz CT molecular complexity index is 792. The minimum Gasteiger partial charge on any atom is -0.508 e. The summed E-state index contributed by atoms with van der Waals surface area (Å²) in [5.41, 5.74) is 1.48. The molecule has 0 aromatic heterocycles. The van der Waals surface area contributed by atoms with Gasteiger partial charge in [-0.15, -0.1) is 0 Å². The van der Waals surface area contributed by atoms with Crippen LogP contribution in [0.2, 0.25) is 0 Å². The Balaban J connectivity index is 1.90. The molecule has 2 amide bonds. The second-order valence-electron chi connectivity index (χ2n) is 5.28. The van der Waals surface area contributed by atoms with Gasteiger partial charge in [0.1, 0.15) is 5.75 Å². The Hall–Kier alpha value is -3.15. The molecule has 2 aromatic rings. The highest BCUT2D eigenvalue weighted by molar-refractivity contribution is 6.21. The highest BCUT2D eigenvalue weighted by Gasteiger charge is 2.35. The number of carboxylic acid groups (broad SMARTS) is 1. The molecule has 1 heterocycles. The summed E-state index contributed by atoms with van der Waals surface area (Å²) in [7, 11) is 0. The number of fused-ring (bicyclic) bond motifs is 1. The highest BCUT2D eigenvalue weighted by atomic mass is 16.4. The fourth-order valence-electron chi connectivity index (χ4n) is 2.60. The molecule has 23 heavy (non-hydrogen) atoms. The number of aromatic hydroxyl groups is 1. The molecule has 0 bridgehead atoms. The molecule has 1 aliphatic heterocycles. The molecule has 0 saturated heterocycles. The molecule has 3 rings (SSSR count). The Morgan fingerprint density at radius 3 is 2.17 bits per heavy atom. The number of carbonyl (C=O) groups excluding carboxylic acids is 2. The van der Waals surface area contributed by atoms with Crippen molar-refractivity contribution in [3.8, 4) is 5.75 Å². The van der Waals surface area contributed by atoms with Crippen LogP contribution >= 0.6 is 0 Å². The van der Waals surface area contributed by atoms with Gasteiger partial charge in [-0.25, -0.2) is 0 Å². The van der Waals surface area contributed by atoms with Gasteiger partial charge < -0.3 is 10.2 Å². The van der Waals surface area contributed by atoms with Crippen LogP contribution in [0.25, 0.3) is 0 Å². The van der Waals surface area contributed by atoms with Gasteiger partial charge in [-0.1, -0.05) is 18.2 Å². The van der Waals surface area contributed by atoms with Gasteiger partial charge in [0.2, 0.25) is 0 Å². The molecule has 6 heteroatoms. The van der Waals surface area contributed by atoms with Crippen molar-refractivity contribution in [1.82, 2.24) is 4.90 Å². The van der Waals surface area contributed by atoms with Crippen molar-refractivity contribution in [2.24, 2.45) is 0 Å². The van der Waals surface area contributed by atoms with Crippen LogP contribution in [0.15, 0.2) is 42.5 Å². The molecule has 0 atom stereocenters. The Morgan fingerprint density at radius 2 is 1.61 bits per heavy atom. The predicted octanol–water partition coefficient (Wildman–Crippen LogP) is 1.82. The first kappa shape index (κ1) is 14.8. The summed E-state index contributed by atoms with van der Waals surface area (Å²) in [6.07, 6.45) is -0.199. The third kappa shape index (κ3) is 2.66. The maximum Gasteiger partial charge on any atom is 0.307 e. The van der Waals surface area contributed by atoms with Crippen LogP contribution in [-0.2, 0) is 17.8 Å². The van der Waals surface area contributed by atoms with Crippen molar-refractivity contribution in [1.29, 1.82) is 0 Å². The van der Waals surface area contributed by atoms with E-state index in [1.54, 1.807) is 24.3 Å². The topological polar surface area (TPSA) is 94.9 Å². The van der Waals surface area contributed by atoms with Crippen LogP contribution in [-0.4, -0.2) is 32.9 Å². The van der Waals surface area contributed by atoms with Crippen LogP contribution in [0.5, 0.6) is 5.75 Å². The normalized spacial score (nSPS) is 13.3. The van der Waals surface area contributed by atoms with Gasteiger partial charge in [-0.05, 0) is 29.8 Å². The van der Waals surface area contributed by atoms with E-state index in [0.717, 1.165) is 4.90 Å². The Labute approximate surface area is 131 Å². The van der Waals surface area contributed by atoms with E-state index in [0.29, 0.717) is 22.3 Å². The number of phenolic OH excluding ortho intramolecular Hbond substituents is 1. The molecule has 0 aliphatic carbocycles. The van der Waals surface area contributed by atoms with Crippen LogP contribution in [0, 0.1) is 0 Å². The highest BCUT2D eigenvalue weighted by Crippen LogP contribution is 2.27. The van der Waals surface area contributed by atoms with Crippen molar-refractivity contribution in [3.63, 3.8) is 0 Å². The SMILES string of the molecule is O=C(O)Cc1ccc(O)c(CN2C(=O)c3ccccc3C2=O)c1. The zero-order chi connectivity index (χ0) is 16.6. The van der Waals surface area contributed by atoms with Gasteiger partial charge in [0, 0.05) is 5.56 Å². The third-order valence-corrected chi connectivity index (χ3v) is 3.71. The van der Waals surface area contributed by atoms with E-state index >= 15 is 0 Å². The van der Waals surface area contributed by atoms with Crippen molar-refractivity contribution in [2.45, 2.75) is 13.0 Å². The van der Waals surface area contributed by atoms with Gasteiger partial charge in [0.15, 0.2) is 0 Å². The maximum absolute atomic E-state index is 12.3. The Morgan fingerprint density at radius 1 is 1.00 bits per heavy atom. The fraction of sp³-hybridized carbons (Fsp3) is 0.118. The molecule has 6 nitrogen and oxygen atoms in total. The molecule has 0 unspecified atom stereocenters. The van der Waals surface area contributed by atoms with Crippen LogP contribution in [0.1, 0.15) is 31.8 Å². The fourth-order valence-corrected chi connectivity index (χ4v) is 2.60. The van der Waals surface area contributed by atoms with Gasteiger partial charge in [-0.2, -0.15) is 0 Å². The first-order valence-electron chi connectivity index (χ1n) is 6.95. The minimum absolute atomic E-state index is 0.0873. The molecule has 2 N–H and O–H groups in total. The lowest BCUT2D eigenvalue weighted by atomic mass is 10.1. The lowest BCUT2D eigenvalue weighted by Crippen LogP contribution is -2.29. The van der Waals surface area contributed by atoms with E-state index in [4.69, 9.17) is 5.11 Å². The summed E-state index contributed by atoms with van der Waals surface area (Å²) in [5, 5.41) is 18.8. The molecule has 0 saturated carbocycles. The molecular weight excluding hydrogens is 298 g/mol. The van der Waals surface area contributed by atoms with Crippen LogP contribution < -0.4 is 0 Å². The van der Waals surface area contributed by atoms with Gasteiger partial charge in [0.05, 0.1) is 24.1 Å². The molecule has 0 spiro atoms. The van der Waals surface area contributed by atoms with E-state index in [2.05, 4.69) is 0 Å². The first-order chi connectivity index (χ1) is 11.0. The summed E-state index contributed by atoms with van der Waals surface area (Å²) in [6, 6.07) is 10.9. The van der Waals surface area contributed by atoms with Crippen molar-refractivity contribution >= 4 is 17.8 Å². The molecule has 0 radical (unpaired) electrons. The summed E-state index contributed by atoms with van der Waals surface area (Å²) in [6.45, 7) is -0.106. The molecular formula is C17H13NO5. The number of aliphatic carboxylic acids is 1. The second kappa shape index (κ2) is 5.57.